The zero-order valence-electron chi connectivity index (χ0n) is 13.3. The van der Waals surface area contributed by atoms with Crippen LogP contribution in [0.5, 0.6) is 0 Å². The van der Waals surface area contributed by atoms with E-state index in [1.165, 1.54) is 0 Å². The molecule has 2 aromatic heterocycles. The highest BCUT2D eigenvalue weighted by Gasteiger charge is 2.31. The number of tetrazole rings is 1. The highest BCUT2D eigenvalue weighted by atomic mass is 16.2. The number of aryl methyl sites for hydroxylation is 1. The van der Waals surface area contributed by atoms with E-state index in [2.05, 4.69) is 25.7 Å². The van der Waals surface area contributed by atoms with Gasteiger partial charge in [-0.05, 0) is 30.2 Å². The molecular formula is C16H17N7O. The third kappa shape index (κ3) is 2.55. The summed E-state index contributed by atoms with van der Waals surface area (Å²) in [5, 5.41) is 18.1. The van der Waals surface area contributed by atoms with Gasteiger partial charge in [0, 0.05) is 36.5 Å². The van der Waals surface area contributed by atoms with Crippen LogP contribution < -0.4 is 0 Å². The topological polar surface area (TPSA) is 92.6 Å². The van der Waals surface area contributed by atoms with Crippen LogP contribution in [0.3, 0.4) is 0 Å². The summed E-state index contributed by atoms with van der Waals surface area (Å²) in [4.78, 5) is 14.8. The number of rotatable bonds is 3. The van der Waals surface area contributed by atoms with Crippen LogP contribution in [-0.2, 0) is 7.05 Å². The number of benzene rings is 1. The molecule has 1 N–H and O–H groups in total. The summed E-state index contributed by atoms with van der Waals surface area (Å²) in [5.41, 5.74) is 2.58. The van der Waals surface area contributed by atoms with Gasteiger partial charge in [-0.2, -0.15) is 10.3 Å². The van der Waals surface area contributed by atoms with Crippen LogP contribution in [0.2, 0.25) is 0 Å². The van der Waals surface area contributed by atoms with Crippen molar-refractivity contribution in [2.24, 2.45) is 7.05 Å². The minimum absolute atomic E-state index is 0.0426. The van der Waals surface area contributed by atoms with Crippen molar-refractivity contribution in [1.29, 1.82) is 0 Å². The minimum atomic E-state index is 0.0426. The van der Waals surface area contributed by atoms with Crippen molar-refractivity contribution in [3.63, 3.8) is 0 Å². The first-order valence-corrected chi connectivity index (χ1v) is 7.86. The molecular weight excluding hydrogens is 306 g/mol. The second-order valence-corrected chi connectivity index (χ2v) is 5.92. The second-order valence-electron chi connectivity index (χ2n) is 5.92. The number of H-pyrrole nitrogens is 1. The fraction of sp³-hybridized carbons (Fsp3) is 0.312. The van der Waals surface area contributed by atoms with Crippen molar-refractivity contribution in [3.8, 4) is 11.4 Å². The summed E-state index contributed by atoms with van der Waals surface area (Å²) in [6, 6.07) is 7.41. The minimum Gasteiger partial charge on any atom is -0.331 e. The molecule has 8 nitrogen and oxygen atoms in total. The number of carbonyl (C=O) groups excluding carboxylic acids is 1. The zero-order valence-corrected chi connectivity index (χ0v) is 13.3. The average molecular weight is 323 g/mol. The van der Waals surface area contributed by atoms with Gasteiger partial charge in [-0.25, -0.2) is 0 Å². The quantitative estimate of drug-likeness (QED) is 0.790. The molecule has 3 heterocycles. The van der Waals surface area contributed by atoms with Crippen LogP contribution in [0.4, 0.5) is 0 Å². The molecule has 0 saturated carbocycles. The first-order chi connectivity index (χ1) is 11.7. The lowest BCUT2D eigenvalue weighted by atomic mass is 10.1. The molecule has 1 aliphatic rings. The Morgan fingerprint density at radius 3 is 2.79 bits per heavy atom. The molecule has 122 valence electrons. The molecule has 0 aliphatic carbocycles. The maximum atomic E-state index is 12.9. The molecule has 4 rings (SSSR count). The molecule has 8 heteroatoms. The first-order valence-electron chi connectivity index (χ1n) is 7.86. The first kappa shape index (κ1) is 14.6. The fourth-order valence-corrected chi connectivity index (χ4v) is 3.18. The Bertz CT molecular complexity index is 838. The normalized spacial score (nSPS) is 17.4. The summed E-state index contributed by atoms with van der Waals surface area (Å²) < 4.78 is 1.77. The lowest BCUT2D eigenvalue weighted by molar-refractivity contribution is 0.0735. The molecule has 1 saturated heterocycles. The molecule has 1 unspecified atom stereocenters. The summed E-state index contributed by atoms with van der Waals surface area (Å²) in [7, 11) is 1.89. The van der Waals surface area contributed by atoms with E-state index in [-0.39, 0.29) is 11.9 Å². The van der Waals surface area contributed by atoms with Gasteiger partial charge in [-0.3, -0.25) is 9.48 Å². The molecule has 3 aromatic rings. The molecule has 1 amide bonds. The predicted molar refractivity (Wildman–Crippen MR) is 85.8 cm³/mol. The third-order valence-corrected chi connectivity index (χ3v) is 4.36. The SMILES string of the molecule is Cn1cc(C2CCCN2C(=O)c2ccc(-c3nn[nH]n3)cc2)cn1. The van der Waals surface area contributed by atoms with E-state index in [9.17, 15) is 4.79 Å². The Labute approximate surface area is 138 Å². The maximum Gasteiger partial charge on any atom is 0.254 e. The van der Waals surface area contributed by atoms with E-state index in [0.717, 1.165) is 30.5 Å². The van der Waals surface area contributed by atoms with Crippen molar-refractivity contribution < 1.29 is 4.79 Å². The second kappa shape index (κ2) is 5.88. The van der Waals surface area contributed by atoms with Gasteiger partial charge in [0.15, 0.2) is 0 Å². The van der Waals surface area contributed by atoms with Gasteiger partial charge in [-0.15, -0.1) is 10.2 Å². The number of carbonyl (C=O) groups is 1. The van der Waals surface area contributed by atoms with Crippen molar-refractivity contribution in [3.05, 3.63) is 47.8 Å². The Morgan fingerprint density at radius 1 is 1.29 bits per heavy atom. The Morgan fingerprint density at radius 2 is 2.12 bits per heavy atom. The summed E-state index contributed by atoms with van der Waals surface area (Å²) in [6.45, 7) is 0.769. The van der Waals surface area contributed by atoms with Crippen LogP contribution in [0, 0.1) is 0 Å². The van der Waals surface area contributed by atoms with E-state index in [1.54, 1.807) is 4.68 Å². The van der Waals surface area contributed by atoms with Crippen LogP contribution in [0.15, 0.2) is 36.7 Å². The Hall–Kier alpha value is -3.03. The summed E-state index contributed by atoms with van der Waals surface area (Å²) in [6.07, 6.45) is 5.80. The number of nitrogens with zero attached hydrogens (tertiary/aromatic N) is 6. The zero-order chi connectivity index (χ0) is 16.5. The Kier molecular flexibility index (Phi) is 3.56. The summed E-state index contributed by atoms with van der Waals surface area (Å²) >= 11 is 0. The monoisotopic (exact) mass is 323 g/mol. The summed E-state index contributed by atoms with van der Waals surface area (Å²) in [5.74, 6) is 0.560. The molecule has 1 aliphatic heterocycles. The van der Waals surface area contributed by atoms with E-state index in [1.807, 2.05) is 48.6 Å². The number of nitrogens with one attached hydrogen (secondary N) is 1. The molecule has 0 spiro atoms. The van der Waals surface area contributed by atoms with Crippen molar-refractivity contribution in [2.75, 3.05) is 6.54 Å². The molecule has 0 bridgehead atoms. The average Bonchev–Trinajstić information content (AvgIpc) is 3.35. The number of aromatic amines is 1. The van der Waals surface area contributed by atoms with E-state index in [0.29, 0.717) is 11.4 Å². The van der Waals surface area contributed by atoms with E-state index in [4.69, 9.17) is 0 Å². The van der Waals surface area contributed by atoms with Crippen LogP contribution in [-0.4, -0.2) is 47.8 Å². The van der Waals surface area contributed by atoms with Gasteiger partial charge in [-0.1, -0.05) is 12.1 Å². The van der Waals surface area contributed by atoms with Crippen LogP contribution in [0.25, 0.3) is 11.4 Å². The van der Waals surface area contributed by atoms with Gasteiger partial charge in [0.2, 0.25) is 5.82 Å². The molecule has 24 heavy (non-hydrogen) atoms. The smallest absolute Gasteiger partial charge is 0.254 e. The number of hydrogen-bond donors (Lipinski definition) is 1. The fourth-order valence-electron chi connectivity index (χ4n) is 3.18. The molecule has 0 radical (unpaired) electrons. The van der Waals surface area contributed by atoms with Crippen LogP contribution >= 0.6 is 0 Å². The Balaban J connectivity index is 1.56. The lowest BCUT2D eigenvalue weighted by Gasteiger charge is -2.24. The predicted octanol–water partition coefficient (Wildman–Crippen LogP) is 1.58. The maximum absolute atomic E-state index is 12.9. The highest BCUT2D eigenvalue weighted by Crippen LogP contribution is 2.33. The number of aromatic nitrogens is 6. The van der Waals surface area contributed by atoms with E-state index < -0.39 is 0 Å². The van der Waals surface area contributed by atoms with Gasteiger partial charge < -0.3 is 4.90 Å². The van der Waals surface area contributed by atoms with Gasteiger partial charge in [0.25, 0.3) is 5.91 Å². The van der Waals surface area contributed by atoms with Gasteiger partial charge in [0.1, 0.15) is 0 Å². The number of hydrogen-bond acceptors (Lipinski definition) is 5. The highest BCUT2D eigenvalue weighted by molar-refractivity contribution is 5.95. The molecule has 1 atom stereocenters. The molecule has 1 fully saturated rings. The molecule has 1 aromatic carbocycles. The standard InChI is InChI=1S/C16H17N7O/c1-22-10-13(9-17-22)14-3-2-8-23(14)16(24)12-6-4-11(5-7-12)15-18-20-21-19-15/h4-7,9-10,14H,2-3,8H2,1H3,(H,18,19,20,21). The van der Waals surface area contributed by atoms with Crippen molar-refractivity contribution in [2.45, 2.75) is 18.9 Å². The van der Waals surface area contributed by atoms with Gasteiger partial charge >= 0.3 is 0 Å². The van der Waals surface area contributed by atoms with E-state index >= 15 is 0 Å². The lowest BCUT2D eigenvalue weighted by Crippen LogP contribution is -2.30. The van der Waals surface area contributed by atoms with Crippen molar-refractivity contribution in [1.82, 2.24) is 35.3 Å². The number of likely N-dealkylation sites (tertiary alicyclic amines) is 1. The number of amides is 1. The van der Waals surface area contributed by atoms with Crippen molar-refractivity contribution >= 4 is 5.91 Å². The largest absolute Gasteiger partial charge is 0.331 e. The van der Waals surface area contributed by atoms with Crippen LogP contribution in [0.1, 0.15) is 34.8 Å². The third-order valence-electron chi connectivity index (χ3n) is 4.36. The van der Waals surface area contributed by atoms with Gasteiger partial charge in [0.05, 0.1) is 12.2 Å².